The smallest absolute Gasteiger partial charge is 0.391 e. The van der Waals surface area contributed by atoms with Gasteiger partial charge in [-0.3, -0.25) is 0 Å². The number of piperidine rings is 1. The number of aliphatic hydroxyl groups excluding tert-OH is 2. The van der Waals surface area contributed by atoms with Crippen LogP contribution >= 0.6 is 0 Å². The van der Waals surface area contributed by atoms with Gasteiger partial charge >= 0.3 is 6.18 Å². The fourth-order valence-corrected chi connectivity index (χ4v) is 7.72. The fraction of sp³-hybridized carbons (Fsp3) is 0.852. The van der Waals surface area contributed by atoms with Crippen molar-refractivity contribution >= 4 is 0 Å². The standard InChI is InChI=1S/C27H42F3NO2/c1-18(17-31-12-9-21(10-13-31)27(28,29)30)24-7-8-25-20(4-3-11-26(24,25)2)6-5-19-14-22(32)16-23(33)15-19/h5-6,18,21-25,32-33H,3-4,7-17H2,1-2H3/b19-5-,20-6+/t18?,22-,23+,24-,25+,26-/m1/s1. The number of aliphatic hydroxyl groups is 2. The van der Waals surface area contributed by atoms with Crippen LogP contribution < -0.4 is 0 Å². The Bertz CT molecular complexity index is 728. The van der Waals surface area contributed by atoms with Crippen LogP contribution in [-0.4, -0.2) is 53.1 Å². The van der Waals surface area contributed by atoms with Gasteiger partial charge < -0.3 is 15.1 Å². The number of fused-ring (bicyclic) bond motifs is 1. The molecule has 0 aromatic rings. The van der Waals surface area contributed by atoms with Crippen LogP contribution in [0.5, 0.6) is 0 Å². The van der Waals surface area contributed by atoms with Crippen molar-refractivity contribution in [2.24, 2.45) is 29.1 Å². The van der Waals surface area contributed by atoms with E-state index in [1.807, 2.05) is 0 Å². The zero-order chi connectivity index (χ0) is 23.8. The zero-order valence-electron chi connectivity index (χ0n) is 20.3. The van der Waals surface area contributed by atoms with Gasteiger partial charge in [0.1, 0.15) is 0 Å². The summed E-state index contributed by atoms with van der Waals surface area (Å²) in [5.74, 6) is 0.551. The van der Waals surface area contributed by atoms with Crippen molar-refractivity contribution in [1.29, 1.82) is 0 Å². The van der Waals surface area contributed by atoms with E-state index in [-0.39, 0.29) is 18.3 Å². The molecule has 1 unspecified atom stereocenters. The Morgan fingerprint density at radius 1 is 1.06 bits per heavy atom. The number of allylic oxidation sites excluding steroid dienone is 3. The maximum atomic E-state index is 13.0. The topological polar surface area (TPSA) is 43.7 Å². The van der Waals surface area contributed by atoms with Crippen LogP contribution in [0.15, 0.2) is 23.3 Å². The number of rotatable bonds is 4. The number of hydrogen-bond acceptors (Lipinski definition) is 3. The summed E-state index contributed by atoms with van der Waals surface area (Å²) in [6, 6.07) is 0. The molecule has 3 aliphatic carbocycles. The molecule has 0 radical (unpaired) electrons. The van der Waals surface area contributed by atoms with E-state index in [9.17, 15) is 23.4 Å². The molecular weight excluding hydrogens is 427 g/mol. The first-order valence-electron chi connectivity index (χ1n) is 13.1. The Labute approximate surface area is 197 Å². The third-order valence-corrected chi connectivity index (χ3v) is 9.39. The molecule has 188 valence electrons. The molecule has 2 N–H and O–H groups in total. The summed E-state index contributed by atoms with van der Waals surface area (Å²) < 4.78 is 39.0. The lowest BCUT2D eigenvalue weighted by atomic mass is 9.61. The molecule has 4 fully saturated rings. The summed E-state index contributed by atoms with van der Waals surface area (Å²) in [6.07, 6.45) is 7.75. The Balaban J connectivity index is 1.38. The minimum atomic E-state index is -4.04. The minimum absolute atomic E-state index is 0.242. The zero-order valence-corrected chi connectivity index (χ0v) is 20.3. The number of halogens is 3. The third-order valence-electron chi connectivity index (χ3n) is 9.39. The Kier molecular flexibility index (Phi) is 7.67. The molecule has 3 saturated carbocycles. The van der Waals surface area contributed by atoms with Crippen LogP contribution in [0.1, 0.15) is 78.1 Å². The van der Waals surface area contributed by atoms with E-state index < -0.39 is 24.3 Å². The van der Waals surface area contributed by atoms with Crippen molar-refractivity contribution in [3.05, 3.63) is 23.3 Å². The maximum Gasteiger partial charge on any atom is 0.391 e. The van der Waals surface area contributed by atoms with E-state index in [0.29, 0.717) is 50.1 Å². The molecule has 0 bridgehead atoms. The average molecular weight is 470 g/mol. The highest BCUT2D eigenvalue weighted by Gasteiger charge is 2.51. The summed E-state index contributed by atoms with van der Waals surface area (Å²) in [4.78, 5) is 2.27. The van der Waals surface area contributed by atoms with Gasteiger partial charge in [0.2, 0.25) is 0 Å². The van der Waals surface area contributed by atoms with Crippen LogP contribution in [0, 0.1) is 29.1 Å². The van der Waals surface area contributed by atoms with Crippen molar-refractivity contribution in [3.63, 3.8) is 0 Å². The van der Waals surface area contributed by atoms with Crippen molar-refractivity contribution in [3.8, 4) is 0 Å². The molecule has 3 nitrogen and oxygen atoms in total. The van der Waals surface area contributed by atoms with Gasteiger partial charge in [-0.15, -0.1) is 0 Å². The second-order valence-electron chi connectivity index (χ2n) is 11.7. The first-order chi connectivity index (χ1) is 15.6. The van der Waals surface area contributed by atoms with E-state index in [1.165, 1.54) is 31.3 Å². The highest BCUT2D eigenvalue weighted by Crippen LogP contribution is 2.59. The molecular formula is C27H42F3NO2. The molecule has 0 aromatic carbocycles. The van der Waals surface area contributed by atoms with E-state index in [1.54, 1.807) is 0 Å². The summed E-state index contributed by atoms with van der Waals surface area (Å²) in [7, 11) is 0. The molecule has 1 aliphatic heterocycles. The van der Waals surface area contributed by atoms with Crippen molar-refractivity contribution in [2.45, 2.75) is 96.4 Å². The predicted molar refractivity (Wildman–Crippen MR) is 125 cm³/mol. The highest BCUT2D eigenvalue weighted by atomic mass is 19.4. The molecule has 1 heterocycles. The molecule has 0 amide bonds. The van der Waals surface area contributed by atoms with E-state index >= 15 is 0 Å². The minimum Gasteiger partial charge on any atom is -0.393 e. The van der Waals surface area contributed by atoms with Crippen molar-refractivity contribution in [2.75, 3.05) is 19.6 Å². The molecule has 33 heavy (non-hydrogen) atoms. The number of nitrogens with zero attached hydrogens (tertiary/aromatic N) is 1. The SMILES string of the molecule is CC(CN1CCC(C(F)(F)F)CC1)[C@H]1CC[C@H]2/C(=C/C=C3/C[C@@H](O)C[C@@H](O)C3)CCC[C@]12C. The molecule has 0 aromatic heterocycles. The van der Waals surface area contributed by atoms with Gasteiger partial charge in [-0.2, -0.15) is 13.2 Å². The van der Waals surface area contributed by atoms with Crippen molar-refractivity contribution < 1.29 is 23.4 Å². The van der Waals surface area contributed by atoms with Crippen LogP contribution in [0.4, 0.5) is 13.2 Å². The van der Waals surface area contributed by atoms with E-state index in [0.717, 1.165) is 18.5 Å². The molecule has 4 rings (SSSR count). The average Bonchev–Trinajstić information content (AvgIpc) is 3.09. The van der Waals surface area contributed by atoms with E-state index in [4.69, 9.17) is 0 Å². The molecule has 4 aliphatic rings. The summed E-state index contributed by atoms with van der Waals surface area (Å²) in [5.41, 5.74) is 2.93. The normalized spacial score (nSPS) is 40.3. The summed E-state index contributed by atoms with van der Waals surface area (Å²) in [5, 5.41) is 20.0. The monoisotopic (exact) mass is 469 g/mol. The largest absolute Gasteiger partial charge is 0.393 e. The lowest BCUT2D eigenvalue weighted by Gasteiger charge is -2.45. The third kappa shape index (κ3) is 5.70. The maximum absolute atomic E-state index is 13.0. The summed E-state index contributed by atoms with van der Waals surface area (Å²) >= 11 is 0. The van der Waals surface area contributed by atoms with Crippen molar-refractivity contribution in [1.82, 2.24) is 4.90 Å². The van der Waals surface area contributed by atoms with Crippen LogP contribution in [0.2, 0.25) is 0 Å². The Morgan fingerprint density at radius 3 is 2.36 bits per heavy atom. The lowest BCUT2D eigenvalue weighted by Crippen LogP contribution is -2.44. The predicted octanol–water partition coefficient (Wildman–Crippen LogP) is 5.87. The fourth-order valence-electron chi connectivity index (χ4n) is 7.72. The number of hydrogen-bond donors (Lipinski definition) is 2. The number of likely N-dealkylation sites (tertiary alicyclic amines) is 1. The molecule has 0 spiro atoms. The summed E-state index contributed by atoms with van der Waals surface area (Å²) in [6.45, 7) is 6.82. The van der Waals surface area contributed by atoms with Gasteiger partial charge in [0.05, 0.1) is 18.1 Å². The van der Waals surface area contributed by atoms with Gasteiger partial charge in [-0.25, -0.2) is 0 Å². The van der Waals surface area contributed by atoms with Gasteiger partial charge in [-0.1, -0.05) is 37.1 Å². The second kappa shape index (κ2) is 10.0. The first-order valence-corrected chi connectivity index (χ1v) is 13.1. The molecule has 6 atom stereocenters. The van der Waals surface area contributed by atoms with E-state index in [2.05, 4.69) is 30.9 Å². The molecule has 1 saturated heterocycles. The quantitative estimate of drug-likeness (QED) is 0.541. The Hall–Kier alpha value is -0.850. The Morgan fingerprint density at radius 2 is 1.73 bits per heavy atom. The van der Waals surface area contributed by atoms with Crippen LogP contribution in [-0.2, 0) is 0 Å². The van der Waals surface area contributed by atoms with Crippen LogP contribution in [0.25, 0.3) is 0 Å². The number of alkyl halides is 3. The van der Waals surface area contributed by atoms with Crippen LogP contribution in [0.3, 0.4) is 0 Å². The highest BCUT2D eigenvalue weighted by molar-refractivity contribution is 5.26. The lowest BCUT2D eigenvalue weighted by molar-refractivity contribution is -0.185. The van der Waals surface area contributed by atoms with Gasteiger partial charge in [-0.05, 0) is 100 Å². The van der Waals surface area contributed by atoms with Gasteiger partial charge in [0.25, 0.3) is 0 Å². The van der Waals surface area contributed by atoms with Gasteiger partial charge in [0.15, 0.2) is 0 Å². The first kappa shape index (κ1) is 25.2. The second-order valence-corrected chi connectivity index (χ2v) is 11.7. The molecule has 6 heteroatoms. The van der Waals surface area contributed by atoms with Gasteiger partial charge in [0, 0.05) is 6.54 Å².